The van der Waals surface area contributed by atoms with Crippen molar-refractivity contribution in [1.82, 2.24) is 15.2 Å². The van der Waals surface area contributed by atoms with Crippen molar-refractivity contribution in [2.45, 2.75) is 52.2 Å². The van der Waals surface area contributed by atoms with E-state index in [0.29, 0.717) is 35.4 Å². The van der Waals surface area contributed by atoms with E-state index in [2.05, 4.69) is 29.0 Å². The van der Waals surface area contributed by atoms with Crippen molar-refractivity contribution in [3.63, 3.8) is 0 Å². The lowest BCUT2D eigenvalue weighted by atomic mass is 10.2. The van der Waals surface area contributed by atoms with E-state index < -0.39 is 10.8 Å². The van der Waals surface area contributed by atoms with Crippen molar-refractivity contribution in [2.75, 3.05) is 46.2 Å². The van der Waals surface area contributed by atoms with Gasteiger partial charge in [-0.1, -0.05) is 26.7 Å². The second-order valence-electron chi connectivity index (χ2n) is 8.22. The third-order valence-corrected chi connectivity index (χ3v) is 6.70. The first-order chi connectivity index (χ1) is 16.4. The summed E-state index contributed by atoms with van der Waals surface area (Å²) in [4.78, 5) is 19.2. The number of nitrogens with zero attached hydrogens (tertiary/aromatic N) is 2. The number of aryl methyl sites for hydroxylation is 1. The van der Waals surface area contributed by atoms with Gasteiger partial charge in [0.25, 0.3) is 0 Å². The topological polar surface area (TPSA) is 93.9 Å². The molecule has 34 heavy (non-hydrogen) atoms. The summed E-state index contributed by atoms with van der Waals surface area (Å²) in [5.41, 5.74) is 1.31. The van der Waals surface area contributed by atoms with Gasteiger partial charge in [0.1, 0.15) is 11.5 Å². The SMILES string of the molecule is CCCCN(CCCC)CCNC(=O)C[S@](=O)Cc1nc(-c2ccc(OC)c(OC)c2)oc1C. The number of methoxy groups -OCH3 is 2. The van der Waals surface area contributed by atoms with Gasteiger partial charge < -0.3 is 24.1 Å². The second kappa shape index (κ2) is 14.8. The van der Waals surface area contributed by atoms with E-state index in [1.54, 1.807) is 33.3 Å². The van der Waals surface area contributed by atoms with Crippen molar-refractivity contribution < 1.29 is 22.9 Å². The van der Waals surface area contributed by atoms with Crippen LogP contribution in [0.1, 0.15) is 51.0 Å². The molecule has 190 valence electrons. The lowest BCUT2D eigenvalue weighted by molar-refractivity contribution is -0.118. The number of carbonyl (C=O) groups excluding carboxylic acids is 1. The Bertz CT molecular complexity index is 923. The van der Waals surface area contributed by atoms with E-state index in [0.717, 1.165) is 50.9 Å². The highest BCUT2D eigenvalue weighted by Gasteiger charge is 2.17. The Labute approximate surface area is 205 Å². The molecule has 0 radical (unpaired) electrons. The first-order valence-electron chi connectivity index (χ1n) is 11.9. The number of benzene rings is 1. The molecular formula is C25H39N3O5S. The molecule has 0 spiro atoms. The second-order valence-corrected chi connectivity index (χ2v) is 9.68. The maximum atomic E-state index is 12.6. The van der Waals surface area contributed by atoms with Crippen LogP contribution in [0.15, 0.2) is 22.6 Å². The van der Waals surface area contributed by atoms with E-state index in [1.165, 1.54) is 0 Å². The van der Waals surface area contributed by atoms with E-state index in [-0.39, 0.29) is 17.4 Å². The molecule has 0 aliphatic rings. The molecule has 0 saturated carbocycles. The number of aromatic nitrogens is 1. The lowest BCUT2D eigenvalue weighted by Gasteiger charge is -2.22. The summed E-state index contributed by atoms with van der Waals surface area (Å²) < 4.78 is 29.0. The summed E-state index contributed by atoms with van der Waals surface area (Å²) in [6.07, 6.45) is 4.63. The van der Waals surface area contributed by atoms with Crippen LogP contribution in [0, 0.1) is 6.92 Å². The van der Waals surface area contributed by atoms with Crippen LogP contribution in [-0.4, -0.2) is 66.2 Å². The average molecular weight is 494 g/mol. The summed E-state index contributed by atoms with van der Waals surface area (Å²) in [5, 5.41) is 2.91. The highest BCUT2D eigenvalue weighted by Crippen LogP contribution is 2.32. The van der Waals surface area contributed by atoms with Crippen molar-refractivity contribution in [3.8, 4) is 23.0 Å². The first-order valence-corrected chi connectivity index (χ1v) is 13.4. The van der Waals surface area contributed by atoms with E-state index in [9.17, 15) is 9.00 Å². The first kappa shape index (κ1) is 27.9. The van der Waals surface area contributed by atoms with Crippen LogP contribution in [0.25, 0.3) is 11.5 Å². The molecule has 0 aliphatic heterocycles. The Kier molecular flexibility index (Phi) is 12.1. The Balaban J connectivity index is 1.88. The molecule has 2 aromatic rings. The zero-order valence-corrected chi connectivity index (χ0v) is 22.0. The molecule has 0 bridgehead atoms. The molecule has 0 unspecified atom stereocenters. The van der Waals surface area contributed by atoms with Crippen LogP contribution in [0.5, 0.6) is 11.5 Å². The van der Waals surface area contributed by atoms with Crippen LogP contribution in [-0.2, 0) is 21.3 Å². The van der Waals surface area contributed by atoms with Gasteiger partial charge in [0.2, 0.25) is 11.8 Å². The fraction of sp³-hybridized carbons (Fsp3) is 0.600. The van der Waals surface area contributed by atoms with Gasteiger partial charge in [-0.2, -0.15) is 0 Å². The Morgan fingerprint density at radius 1 is 1.09 bits per heavy atom. The minimum absolute atomic E-state index is 0.0537. The predicted molar refractivity (Wildman–Crippen MR) is 136 cm³/mol. The monoisotopic (exact) mass is 493 g/mol. The quantitative estimate of drug-likeness (QED) is 0.379. The van der Waals surface area contributed by atoms with Gasteiger partial charge in [-0.15, -0.1) is 0 Å². The largest absolute Gasteiger partial charge is 0.493 e. The summed E-state index contributed by atoms with van der Waals surface area (Å²) in [6.45, 7) is 9.62. The van der Waals surface area contributed by atoms with E-state index in [4.69, 9.17) is 13.9 Å². The standard InChI is InChI=1S/C25H39N3O5S/c1-6-8-13-28(14-9-7-2)15-12-26-24(29)18-34(30)17-21-19(3)33-25(27-21)20-10-11-22(31-4)23(16-20)32-5/h10-11,16H,6-9,12-15,17-18H2,1-5H3,(H,26,29)/t34-/m1/s1. The number of hydrogen-bond acceptors (Lipinski definition) is 7. The van der Waals surface area contributed by atoms with Crippen LogP contribution in [0.2, 0.25) is 0 Å². The number of unbranched alkanes of at least 4 members (excludes halogenated alkanes) is 2. The van der Waals surface area contributed by atoms with Gasteiger partial charge >= 0.3 is 0 Å². The van der Waals surface area contributed by atoms with Gasteiger partial charge in [0.15, 0.2) is 11.5 Å². The number of hydrogen-bond donors (Lipinski definition) is 1. The Morgan fingerprint density at radius 3 is 2.38 bits per heavy atom. The van der Waals surface area contributed by atoms with E-state index in [1.807, 2.05) is 6.07 Å². The van der Waals surface area contributed by atoms with Gasteiger partial charge in [0.05, 0.1) is 25.7 Å². The van der Waals surface area contributed by atoms with Crippen LogP contribution in [0.4, 0.5) is 0 Å². The predicted octanol–water partition coefficient (Wildman–Crippen LogP) is 3.93. The number of carbonyl (C=O) groups is 1. The molecule has 1 aromatic carbocycles. The number of nitrogens with one attached hydrogen (secondary N) is 1. The maximum absolute atomic E-state index is 12.6. The molecule has 1 amide bonds. The third kappa shape index (κ3) is 8.76. The molecule has 0 fully saturated rings. The van der Waals surface area contributed by atoms with Crippen LogP contribution < -0.4 is 14.8 Å². The number of amides is 1. The maximum Gasteiger partial charge on any atom is 0.232 e. The minimum atomic E-state index is -1.38. The summed E-state index contributed by atoms with van der Waals surface area (Å²) in [6, 6.07) is 5.38. The Hall–Kier alpha value is -2.39. The zero-order chi connectivity index (χ0) is 24.9. The van der Waals surface area contributed by atoms with Gasteiger partial charge in [-0.05, 0) is 51.1 Å². The number of oxazole rings is 1. The van der Waals surface area contributed by atoms with Crippen molar-refractivity contribution >= 4 is 16.7 Å². The minimum Gasteiger partial charge on any atom is -0.493 e. The van der Waals surface area contributed by atoms with E-state index >= 15 is 0 Å². The highest BCUT2D eigenvalue weighted by molar-refractivity contribution is 7.84. The smallest absolute Gasteiger partial charge is 0.232 e. The van der Waals surface area contributed by atoms with Crippen LogP contribution in [0.3, 0.4) is 0 Å². The van der Waals surface area contributed by atoms with Crippen molar-refractivity contribution in [2.24, 2.45) is 0 Å². The molecule has 2 rings (SSSR count). The lowest BCUT2D eigenvalue weighted by Crippen LogP contribution is -2.37. The van der Waals surface area contributed by atoms with Gasteiger partial charge in [0, 0.05) is 29.5 Å². The Morgan fingerprint density at radius 2 is 1.76 bits per heavy atom. The highest BCUT2D eigenvalue weighted by atomic mass is 32.2. The molecule has 1 atom stereocenters. The molecule has 1 N–H and O–H groups in total. The molecule has 1 aromatic heterocycles. The van der Waals surface area contributed by atoms with Gasteiger partial charge in [-0.25, -0.2) is 4.98 Å². The fourth-order valence-corrected chi connectivity index (χ4v) is 4.58. The van der Waals surface area contributed by atoms with Crippen molar-refractivity contribution in [3.05, 3.63) is 29.7 Å². The molecule has 0 aliphatic carbocycles. The molecule has 0 saturated heterocycles. The zero-order valence-electron chi connectivity index (χ0n) is 21.1. The third-order valence-electron chi connectivity index (χ3n) is 5.52. The normalized spacial score (nSPS) is 12.1. The summed E-state index contributed by atoms with van der Waals surface area (Å²) >= 11 is 0. The number of rotatable bonds is 16. The fourth-order valence-electron chi connectivity index (χ4n) is 3.51. The van der Waals surface area contributed by atoms with Crippen LogP contribution >= 0.6 is 0 Å². The number of ether oxygens (including phenoxy) is 2. The molecule has 9 heteroatoms. The van der Waals surface area contributed by atoms with Gasteiger partial charge in [-0.3, -0.25) is 9.00 Å². The molecular weight excluding hydrogens is 454 g/mol. The molecule has 1 heterocycles. The summed E-state index contributed by atoms with van der Waals surface area (Å²) in [5.74, 6) is 2.08. The average Bonchev–Trinajstić information content (AvgIpc) is 3.19. The molecule has 8 nitrogen and oxygen atoms in total. The summed E-state index contributed by atoms with van der Waals surface area (Å²) in [7, 11) is 1.76. The van der Waals surface area contributed by atoms with Crippen molar-refractivity contribution in [1.29, 1.82) is 0 Å².